The zero-order chi connectivity index (χ0) is 7.49. The predicted molar refractivity (Wildman–Crippen MR) is 53.7 cm³/mol. The Morgan fingerprint density at radius 1 is 1.67 bits per heavy atom. The van der Waals surface area contributed by atoms with E-state index >= 15 is 0 Å². The zero-order valence-corrected chi connectivity index (χ0v) is 9.12. The summed E-state index contributed by atoms with van der Waals surface area (Å²) in [5.74, 6) is 1.06. The minimum atomic E-state index is 0.0169. The second-order valence-corrected chi connectivity index (χ2v) is 6.12. The Labute approximate surface area is 74.9 Å². The minimum absolute atomic E-state index is 0.0169. The van der Waals surface area contributed by atoms with Gasteiger partial charge in [-0.1, -0.05) is 35.1 Å². The molecular weight excluding hydrogens is 216 g/mol. The molecule has 0 amide bonds. The molecule has 9 heavy (non-hydrogen) atoms. The van der Waals surface area contributed by atoms with Crippen molar-refractivity contribution in [2.45, 2.75) is 25.1 Å². The first kappa shape index (κ1) is 9.92. The highest BCUT2D eigenvalue weighted by Gasteiger charge is 2.18. The number of halogens is 1. The molecule has 0 aliphatic rings. The van der Waals surface area contributed by atoms with Crippen LogP contribution >= 0.6 is 39.9 Å². The van der Waals surface area contributed by atoms with E-state index in [4.69, 9.17) is 12.2 Å². The second-order valence-electron chi connectivity index (χ2n) is 2.19. The van der Waals surface area contributed by atoms with Crippen LogP contribution in [0.4, 0.5) is 0 Å². The third-order valence-electron chi connectivity index (χ3n) is 0.761. The van der Waals surface area contributed by atoms with E-state index < -0.39 is 0 Å². The van der Waals surface area contributed by atoms with Crippen LogP contribution in [0.1, 0.15) is 20.8 Å². The predicted octanol–water partition coefficient (Wildman–Crippen LogP) is 3.24. The van der Waals surface area contributed by atoms with Crippen molar-refractivity contribution in [2.75, 3.05) is 5.75 Å². The van der Waals surface area contributed by atoms with Crippen LogP contribution in [0.5, 0.6) is 0 Å². The van der Waals surface area contributed by atoms with Gasteiger partial charge in [-0.05, 0) is 19.6 Å². The van der Waals surface area contributed by atoms with Gasteiger partial charge < -0.3 is 0 Å². The molecule has 0 heterocycles. The van der Waals surface area contributed by atoms with Crippen molar-refractivity contribution in [1.82, 2.24) is 0 Å². The van der Waals surface area contributed by atoms with E-state index in [-0.39, 0.29) is 4.32 Å². The Hall–Kier alpha value is 0.920. The smallest absolute Gasteiger partial charge is 0.0640 e. The summed E-state index contributed by atoms with van der Waals surface area (Å²) in [7, 11) is 0. The van der Waals surface area contributed by atoms with Crippen molar-refractivity contribution in [3.05, 3.63) is 0 Å². The molecule has 0 saturated heterocycles. The van der Waals surface area contributed by atoms with Crippen molar-refractivity contribution >= 4 is 44.1 Å². The normalized spacial score (nSPS) is 11.6. The van der Waals surface area contributed by atoms with Gasteiger partial charge >= 0.3 is 0 Å². The summed E-state index contributed by atoms with van der Waals surface area (Å²) in [5.41, 5.74) is 0. The van der Waals surface area contributed by atoms with Gasteiger partial charge in [0.1, 0.15) is 0 Å². The summed E-state index contributed by atoms with van der Waals surface area (Å²) < 4.78 is 1.05. The Morgan fingerprint density at radius 3 is 2.22 bits per heavy atom. The van der Waals surface area contributed by atoms with Crippen LogP contribution in [0.25, 0.3) is 0 Å². The molecule has 3 heteroatoms. The lowest BCUT2D eigenvalue weighted by atomic mass is 10.3. The number of hydrogen-bond donors (Lipinski definition) is 0. The van der Waals surface area contributed by atoms with Crippen LogP contribution in [0.15, 0.2) is 0 Å². The van der Waals surface area contributed by atoms with Crippen molar-refractivity contribution in [3.8, 4) is 0 Å². The SMILES string of the molecule is CCSC(=S)C(C)(C)Br. The average molecular weight is 227 g/mol. The fourth-order valence-corrected chi connectivity index (χ4v) is 1.61. The molecule has 0 rings (SSSR count). The van der Waals surface area contributed by atoms with Gasteiger partial charge in [0, 0.05) is 0 Å². The number of alkyl halides is 1. The molecule has 0 nitrogen and oxygen atoms in total. The Kier molecular flexibility index (Phi) is 4.34. The molecule has 0 unspecified atom stereocenters. The molecule has 0 bridgehead atoms. The summed E-state index contributed by atoms with van der Waals surface area (Å²) in [5, 5.41) is 0. The van der Waals surface area contributed by atoms with Gasteiger partial charge in [0.05, 0.1) is 8.52 Å². The van der Waals surface area contributed by atoms with Gasteiger partial charge in [0.15, 0.2) is 0 Å². The fraction of sp³-hybridized carbons (Fsp3) is 0.833. The first-order valence-electron chi connectivity index (χ1n) is 2.84. The van der Waals surface area contributed by atoms with Crippen molar-refractivity contribution in [2.24, 2.45) is 0 Å². The van der Waals surface area contributed by atoms with Crippen LogP contribution in [0, 0.1) is 0 Å². The van der Waals surface area contributed by atoms with Crippen molar-refractivity contribution < 1.29 is 0 Å². The molecule has 0 aliphatic carbocycles. The summed E-state index contributed by atoms with van der Waals surface area (Å²) >= 11 is 10.3. The maximum absolute atomic E-state index is 5.11. The standard InChI is InChI=1S/C6H11BrS2/c1-4-9-5(8)6(2,3)7/h4H2,1-3H3. The lowest BCUT2D eigenvalue weighted by Gasteiger charge is -2.15. The molecule has 0 aromatic carbocycles. The van der Waals surface area contributed by atoms with Gasteiger partial charge in [-0.15, -0.1) is 11.8 Å². The molecule has 0 saturated carbocycles. The fourth-order valence-electron chi connectivity index (χ4n) is 0.303. The number of thiocarbonyl (C=S) groups is 1. The summed E-state index contributed by atoms with van der Waals surface area (Å²) in [6.45, 7) is 6.24. The van der Waals surface area contributed by atoms with Crippen LogP contribution in [-0.4, -0.2) is 14.3 Å². The summed E-state index contributed by atoms with van der Waals surface area (Å²) in [6.07, 6.45) is 0. The van der Waals surface area contributed by atoms with E-state index in [2.05, 4.69) is 36.7 Å². The van der Waals surface area contributed by atoms with Gasteiger partial charge in [0.25, 0.3) is 0 Å². The monoisotopic (exact) mass is 226 g/mol. The molecule has 0 spiro atoms. The Bertz CT molecular complexity index is 104. The third-order valence-corrected chi connectivity index (χ3v) is 3.61. The van der Waals surface area contributed by atoms with Crippen LogP contribution in [-0.2, 0) is 0 Å². The van der Waals surface area contributed by atoms with E-state index in [9.17, 15) is 0 Å². The highest BCUT2D eigenvalue weighted by molar-refractivity contribution is 9.10. The van der Waals surface area contributed by atoms with Crippen molar-refractivity contribution in [1.29, 1.82) is 0 Å². The molecule has 54 valence electrons. The zero-order valence-electron chi connectivity index (χ0n) is 5.90. The lowest BCUT2D eigenvalue weighted by Crippen LogP contribution is -2.18. The van der Waals surface area contributed by atoms with Gasteiger partial charge in [0.2, 0.25) is 0 Å². The quantitative estimate of drug-likeness (QED) is 0.524. The first-order chi connectivity index (χ1) is 3.98. The number of rotatable bonds is 2. The molecule has 0 radical (unpaired) electrons. The third kappa shape index (κ3) is 4.34. The van der Waals surface area contributed by atoms with Crippen molar-refractivity contribution in [3.63, 3.8) is 0 Å². The highest BCUT2D eigenvalue weighted by atomic mass is 79.9. The molecule has 0 fully saturated rings. The molecule has 0 aromatic rings. The Morgan fingerprint density at radius 2 is 2.11 bits per heavy atom. The molecular formula is C6H11BrS2. The molecule has 0 atom stereocenters. The molecule has 0 aromatic heterocycles. The number of hydrogen-bond acceptors (Lipinski definition) is 2. The average Bonchev–Trinajstić information content (AvgIpc) is 1.64. The number of thioether (sulfide) groups is 1. The van der Waals surface area contributed by atoms with E-state index in [1.54, 1.807) is 11.8 Å². The maximum atomic E-state index is 5.11. The summed E-state index contributed by atoms with van der Waals surface area (Å²) in [4.78, 5) is 0. The van der Waals surface area contributed by atoms with Crippen LogP contribution in [0.3, 0.4) is 0 Å². The largest absolute Gasteiger partial charge is 0.118 e. The van der Waals surface area contributed by atoms with E-state index in [0.29, 0.717) is 0 Å². The van der Waals surface area contributed by atoms with Gasteiger partial charge in [-0.3, -0.25) is 0 Å². The van der Waals surface area contributed by atoms with E-state index in [1.165, 1.54) is 0 Å². The molecule has 0 N–H and O–H groups in total. The topological polar surface area (TPSA) is 0 Å². The van der Waals surface area contributed by atoms with E-state index in [0.717, 1.165) is 9.95 Å². The van der Waals surface area contributed by atoms with Gasteiger partial charge in [-0.2, -0.15) is 0 Å². The molecule has 0 aliphatic heterocycles. The first-order valence-corrected chi connectivity index (χ1v) is 5.03. The van der Waals surface area contributed by atoms with Crippen LogP contribution in [0.2, 0.25) is 0 Å². The van der Waals surface area contributed by atoms with Crippen LogP contribution < -0.4 is 0 Å². The summed E-state index contributed by atoms with van der Waals surface area (Å²) in [6, 6.07) is 0. The second kappa shape index (κ2) is 3.94. The van der Waals surface area contributed by atoms with E-state index in [1.807, 2.05) is 0 Å². The maximum Gasteiger partial charge on any atom is 0.0640 e. The lowest BCUT2D eigenvalue weighted by molar-refractivity contribution is 1.00. The Balaban J connectivity index is 3.74. The van der Waals surface area contributed by atoms with Gasteiger partial charge in [-0.25, -0.2) is 0 Å². The highest BCUT2D eigenvalue weighted by Crippen LogP contribution is 2.25. The minimum Gasteiger partial charge on any atom is -0.118 e.